The van der Waals surface area contributed by atoms with E-state index in [0.29, 0.717) is 16.4 Å². The molecule has 1 aromatic heterocycles. The Balaban J connectivity index is 1.79. The number of carbonyl (C=O) groups excluding carboxylic acids is 1. The summed E-state index contributed by atoms with van der Waals surface area (Å²) in [5.41, 5.74) is 0.643. The van der Waals surface area contributed by atoms with Crippen molar-refractivity contribution in [2.24, 2.45) is 0 Å². The van der Waals surface area contributed by atoms with Gasteiger partial charge in [0.2, 0.25) is 0 Å². The van der Waals surface area contributed by atoms with Crippen molar-refractivity contribution >= 4 is 38.1 Å². The second-order valence-corrected chi connectivity index (χ2v) is 7.37. The second kappa shape index (κ2) is 6.81. The van der Waals surface area contributed by atoms with Gasteiger partial charge < -0.3 is 0 Å². The third-order valence-electron chi connectivity index (χ3n) is 3.08. The number of nitrogens with one attached hydrogen (secondary N) is 2. The van der Waals surface area contributed by atoms with E-state index in [0.717, 1.165) is 0 Å². The van der Waals surface area contributed by atoms with Crippen molar-refractivity contribution in [1.29, 1.82) is 0 Å². The van der Waals surface area contributed by atoms with Gasteiger partial charge >= 0.3 is 0 Å². The molecule has 122 valence electrons. The van der Waals surface area contributed by atoms with E-state index in [1.165, 1.54) is 29.5 Å². The molecule has 0 aliphatic carbocycles. The third kappa shape index (κ3) is 3.79. The highest BCUT2D eigenvalue weighted by molar-refractivity contribution is 7.92. The molecule has 24 heavy (non-hydrogen) atoms. The first-order valence-corrected chi connectivity index (χ1v) is 9.30. The number of thiazole rings is 1. The van der Waals surface area contributed by atoms with Crippen LogP contribution in [-0.2, 0) is 10.0 Å². The number of rotatable bonds is 5. The van der Waals surface area contributed by atoms with Crippen molar-refractivity contribution in [3.05, 3.63) is 71.7 Å². The highest BCUT2D eigenvalue weighted by atomic mass is 32.2. The number of amides is 1. The summed E-state index contributed by atoms with van der Waals surface area (Å²) in [6.07, 6.45) is 1.59. The van der Waals surface area contributed by atoms with E-state index in [4.69, 9.17) is 0 Å². The molecule has 3 aromatic rings. The summed E-state index contributed by atoms with van der Waals surface area (Å²) < 4.78 is 27.1. The minimum Gasteiger partial charge on any atom is -0.298 e. The molecule has 2 N–H and O–H groups in total. The van der Waals surface area contributed by atoms with Gasteiger partial charge in [-0.15, -0.1) is 11.3 Å². The second-order valence-electron chi connectivity index (χ2n) is 4.79. The summed E-state index contributed by atoms with van der Waals surface area (Å²) in [4.78, 5) is 16.3. The molecule has 0 fully saturated rings. The molecular formula is C16H13N3O3S2. The molecule has 1 amide bonds. The zero-order valence-electron chi connectivity index (χ0n) is 12.3. The third-order valence-corrected chi connectivity index (χ3v) is 5.17. The molecule has 0 saturated heterocycles. The maximum atomic E-state index is 12.3. The van der Waals surface area contributed by atoms with Gasteiger partial charge in [0.05, 0.1) is 4.90 Å². The molecule has 0 unspecified atom stereocenters. The average molecular weight is 359 g/mol. The van der Waals surface area contributed by atoms with E-state index in [2.05, 4.69) is 15.0 Å². The molecule has 3 rings (SSSR count). The molecule has 8 heteroatoms. The number of hydrogen-bond acceptors (Lipinski definition) is 5. The lowest BCUT2D eigenvalue weighted by Crippen LogP contribution is -2.15. The number of hydrogen-bond donors (Lipinski definition) is 2. The Labute approximate surface area is 143 Å². The normalized spacial score (nSPS) is 11.0. The van der Waals surface area contributed by atoms with Crippen LogP contribution in [0.25, 0.3) is 0 Å². The summed E-state index contributed by atoms with van der Waals surface area (Å²) in [5.74, 6) is -0.356. The summed E-state index contributed by atoms with van der Waals surface area (Å²) in [6, 6.07) is 14.3. The van der Waals surface area contributed by atoms with Crippen molar-refractivity contribution in [3.63, 3.8) is 0 Å². The van der Waals surface area contributed by atoms with Crippen molar-refractivity contribution in [3.8, 4) is 0 Å². The molecular weight excluding hydrogens is 346 g/mol. The SMILES string of the molecule is O=C(Nc1nccs1)c1cccc(NS(=O)(=O)c2ccccc2)c1. The molecule has 0 aliphatic rings. The van der Waals surface area contributed by atoms with Crippen LogP contribution in [0.4, 0.5) is 10.8 Å². The lowest BCUT2D eigenvalue weighted by molar-refractivity contribution is 0.102. The highest BCUT2D eigenvalue weighted by Crippen LogP contribution is 2.18. The Morgan fingerprint density at radius 1 is 1.04 bits per heavy atom. The Morgan fingerprint density at radius 2 is 1.83 bits per heavy atom. The first-order valence-electron chi connectivity index (χ1n) is 6.93. The van der Waals surface area contributed by atoms with Gasteiger partial charge in [0, 0.05) is 22.8 Å². The molecule has 6 nitrogen and oxygen atoms in total. The zero-order valence-corrected chi connectivity index (χ0v) is 14.0. The van der Waals surface area contributed by atoms with E-state index < -0.39 is 10.0 Å². The van der Waals surface area contributed by atoms with Gasteiger partial charge in [-0.1, -0.05) is 24.3 Å². The molecule has 2 aromatic carbocycles. The lowest BCUT2D eigenvalue weighted by atomic mass is 10.2. The minimum atomic E-state index is -3.70. The minimum absolute atomic E-state index is 0.155. The maximum Gasteiger partial charge on any atom is 0.261 e. The Kier molecular flexibility index (Phi) is 4.59. The fraction of sp³-hybridized carbons (Fsp3) is 0. The van der Waals surface area contributed by atoms with Crippen molar-refractivity contribution in [1.82, 2.24) is 4.98 Å². The fourth-order valence-corrected chi connectivity index (χ4v) is 3.59. The predicted octanol–water partition coefficient (Wildman–Crippen LogP) is 3.20. The monoisotopic (exact) mass is 359 g/mol. The van der Waals surface area contributed by atoms with E-state index in [9.17, 15) is 13.2 Å². The Morgan fingerprint density at radius 3 is 2.54 bits per heavy atom. The van der Waals surface area contributed by atoms with E-state index in [-0.39, 0.29) is 10.8 Å². The highest BCUT2D eigenvalue weighted by Gasteiger charge is 2.15. The zero-order chi connectivity index (χ0) is 17.0. The standard InChI is InChI=1S/C16H13N3O3S2/c20-15(18-16-17-9-10-23-16)12-5-4-6-13(11-12)19-24(21,22)14-7-2-1-3-8-14/h1-11,19H,(H,17,18,20). The fourth-order valence-electron chi connectivity index (χ4n) is 1.99. The number of anilines is 2. The number of nitrogens with zero attached hydrogens (tertiary/aromatic N) is 1. The Bertz CT molecular complexity index is 940. The van der Waals surface area contributed by atoms with E-state index >= 15 is 0 Å². The number of aromatic nitrogens is 1. The largest absolute Gasteiger partial charge is 0.298 e. The van der Waals surface area contributed by atoms with Crippen LogP contribution < -0.4 is 10.0 Å². The maximum absolute atomic E-state index is 12.3. The number of benzene rings is 2. The first-order chi connectivity index (χ1) is 11.5. The average Bonchev–Trinajstić information content (AvgIpc) is 3.08. The first kappa shape index (κ1) is 16.2. The smallest absolute Gasteiger partial charge is 0.261 e. The number of sulfonamides is 1. The van der Waals surface area contributed by atoms with Gasteiger partial charge in [0.25, 0.3) is 15.9 Å². The van der Waals surface area contributed by atoms with Gasteiger partial charge in [-0.05, 0) is 30.3 Å². The topological polar surface area (TPSA) is 88.2 Å². The molecule has 0 radical (unpaired) electrons. The van der Waals surface area contributed by atoms with Crippen molar-refractivity contribution < 1.29 is 13.2 Å². The van der Waals surface area contributed by atoms with Gasteiger partial charge in [-0.2, -0.15) is 0 Å². The van der Waals surface area contributed by atoms with Gasteiger partial charge in [-0.3, -0.25) is 14.8 Å². The lowest BCUT2D eigenvalue weighted by Gasteiger charge is -2.09. The molecule has 0 atom stereocenters. The van der Waals surface area contributed by atoms with Crippen molar-refractivity contribution in [2.75, 3.05) is 10.0 Å². The van der Waals surface area contributed by atoms with Crippen LogP contribution in [-0.4, -0.2) is 19.3 Å². The number of carbonyl (C=O) groups is 1. The Hall–Kier alpha value is -2.71. The van der Waals surface area contributed by atoms with Crippen LogP contribution in [0.3, 0.4) is 0 Å². The van der Waals surface area contributed by atoms with E-state index in [1.807, 2.05) is 0 Å². The molecule has 0 spiro atoms. The van der Waals surface area contributed by atoms with E-state index in [1.54, 1.807) is 48.0 Å². The predicted molar refractivity (Wildman–Crippen MR) is 93.8 cm³/mol. The van der Waals surface area contributed by atoms with Gasteiger partial charge in [-0.25, -0.2) is 13.4 Å². The quantitative estimate of drug-likeness (QED) is 0.732. The molecule has 0 aliphatic heterocycles. The van der Waals surface area contributed by atoms with Gasteiger partial charge in [0.15, 0.2) is 5.13 Å². The van der Waals surface area contributed by atoms with Crippen molar-refractivity contribution in [2.45, 2.75) is 4.90 Å². The van der Waals surface area contributed by atoms with Crippen LogP contribution in [0, 0.1) is 0 Å². The van der Waals surface area contributed by atoms with Gasteiger partial charge in [0.1, 0.15) is 0 Å². The summed E-state index contributed by atoms with van der Waals surface area (Å²) in [5, 5.41) is 4.88. The van der Waals surface area contributed by atoms with Crippen LogP contribution >= 0.6 is 11.3 Å². The van der Waals surface area contributed by atoms with Crippen LogP contribution in [0.2, 0.25) is 0 Å². The molecule has 0 bridgehead atoms. The van der Waals surface area contributed by atoms with Crippen LogP contribution in [0.5, 0.6) is 0 Å². The summed E-state index contributed by atoms with van der Waals surface area (Å²) in [7, 11) is -3.70. The molecule has 1 heterocycles. The van der Waals surface area contributed by atoms with Crippen LogP contribution in [0.1, 0.15) is 10.4 Å². The van der Waals surface area contributed by atoms with Crippen LogP contribution in [0.15, 0.2) is 71.1 Å². The summed E-state index contributed by atoms with van der Waals surface area (Å²) >= 11 is 1.30. The molecule has 0 saturated carbocycles. The summed E-state index contributed by atoms with van der Waals surface area (Å²) in [6.45, 7) is 0.